The van der Waals surface area contributed by atoms with Crippen molar-refractivity contribution in [2.75, 3.05) is 6.61 Å². The number of unbranched alkanes of at least 4 members (excludes halogenated alkanes) is 1. The number of esters is 1. The van der Waals surface area contributed by atoms with Crippen LogP contribution in [0.2, 0.25) is 0 Å². The van der Waals surface area contributed by atoms with Crippen LogP contribution < -0.4 is 4.57 Å². The summed E-state index contributed by atoms with van der Waals surface area (Å²) in [6, 6.07) is 0. The highest BCUT2D eigenvalue weighted by Crippen LogP contribution is 2.20. The van der Waals surface area contributed by atoms with Crippen molar-refractivity contribution in [2.24, 2.45) is 0 Å². The number of imidazole rings is 1. The molecule has 1 rings (SSSR count). The summed E-state index contributed by atoms with van der Waals surface area (Å²) in [6.07, 6.45) is 8.08. The van der Waals surface area contributed by atoms with Crippen molar-refractivity contribution in [2.45, 2.75) is 45.3 Å². The highest BCUT2D eigenvalue weighted by atomic mass is 32.2. The second kappa shape index (κ2) is 10.2. The van der Waals surface area contributed by atoms with Crippen LogP contribution in [-0.4, -0.2) is 35.6 Å². The van der Waals surface area contributed by atoms with E-state index in [0.29, 0.717) is 12.2 Å². The number of carbonyl (C=O) groups is 1. The van der Waals surface area contributed by atoms with Crippen LogP contribution in [0.1, 0.15) is 26.7 Å². The molecule has 0 bridgehead atoms. The van der Waals surface area contributed by atoms with Gasteiger partial charge in [0.05, 0.1) is 19.7 Å². The van der Waals surface area contributed by atoms with Crippen LogP contribution in [0.15, 0.2) is 30.9 Å². The van der Waals surface area contributed by atoms with Crippen molar-refractivity contribution in [1.29, 1.82) is 0 Å². The molecule has 1 heterocycles. The Morgan fingerprint density at radius 1 is 1.36 bits per heavy atom. The zero-order chi connectivity index (χ0) is 19.7. The number of hydrogen-bond donors (Lipinski definition) is 0. The van der Waals surface area contributed by atoms with Gasteiger partial charge in [-0.2, -0.15) is 13.2 Å². The highest BCUT2D eigenvalue weighted by Gasteiger charge is 2.36. The molecule has 1 aromatic heterocycles. The zero-order valence-electron chi connectivity index (χ0n) is 14.0. The normalized spacial score (nSPS) is 11.4. The maximum Gasteiger partial charge on any atom is 0.485 e. The van der Waals surface area contributed by atoms with Gasteiger partial charge >= 0.3 is 11.5 Å². The van der Waals surface area contributed by atoms with Crippen LogP contribution in [-0.2, 0) is 32.7 Å². The van der Waals surface area contributed by atoms with Gasteiger partial charge in [-0.3, -0.25) is 0 Å². The second-order valence-corrected chi connectivity index (χ2v) is 6.38. The third-order valence-electron chi connectivity index (χ3n) is 2.79. The maximum atomic E-state index is 11.1. The predicted octanol–water partition coefficient (Wildman–Crippen LogP) is 1.75. The molecule has 0 saturated heterocycles. The van der Waals surface area contributed by atoms with E-state index >= 15 is 0 Å². The second-order valence-electron chi connectivity index (χ2n) is 5.01. The van der Waals surface area contributed by atoms with Crippen LogP contribution in [0.3, 0.4) is 0 Å². The monoisotopic (exact) mass is 386 g/mol. The summed E-state index contributed by atoms with van der Waals surface area (Å²) in [6.45, 7) is 9.72. The molecule has 0 aliphatic heterocycles. The summed E-state index contributed by atoms with van der Waals surface area (Å²) < 4.78 is 68.2. The van der Waals surface area contributed by atoms with Crippen LogP contribution in [0.4, 0.5) is 13.2 Å². The summed E-state index contributed by atoms with van der Waals surface area (Å²) in [5, 5.41) is 0. The zero-order valence-corrected chi connectivity index (χ0v) is 14.8. The molecule has 1 aromatic rings. The Kier molecular flexibility index (Phi) is 9.42. The van der Waals surface area contributed by atoms with Crippen LogP contribution >= 0.6 is 0 Å². The molecule has 0 spiro atoms. The Morgan fingerprint density at radius 2 is 1.92 bits per heavy atom. The van der Waals surface area contributed by atoms with E-state index in [4.69, 9.17) is 17.7 Å². The van der Waals surface area contributed by atoms with E-state index < -0.39 is 15.6 Å². The fraction of sp³-hybridized carbons (Fsp3) is 0.571. The van der Waals surface area contributed by atoms with E-state index in [1.807, 2.05) is 0 Å². The molecule has 25 heavy (non-hydrogen) atoms. The molecule has 7 nitrogen and oxygen atoms in total. The number of aryl methyl sites for hydroxylation is 2. The Hall–Kier alpha value is -1.88. The molecular weight excluding hydrogens is 365 g/mol. The Balaban J connectivity index is 0.000000609. The molecule has 0 unspecified atom stereocenters. The SMILES string of the molecule is C=C(C)C(=O)OCCCC[n+]1ccn(CC)c1.O=S(=O)([O-])C(F)(F)F. The lowest BCUT2D eigenvalue weighted by Crippen LogP contribution is -2.31. The number of nitrogens with zero attached hydrogens (tertiary/aromatic N) is 2. The Morgan fingerprint density at radius 3 is 2.32 bits per heavy atom. The smallest absolute Gasteiger partial charge is 0.485 e. The van der Waals surface area contributed by atoms with Gasteiger partial charge in [0.25, 0.3) is 0 Å². The number of carbonyl (C=O) groups excluding carboxylic acids is 1. The van der Waals surface area contributed by atoms with E-state index in [2.05, 4.69) is 41.4 Å². The molecule has 0 amide bonds. The third-order valence-corrected chi connectivity index (χ3v) is 3.35. The largest absolute Gasteiger partial charge is 0.741 e. The quantitative estimate of drug-likeness (QED) is 0.178. The minimum Gasteiger partial charge on any atom is -0.741 e. The van der Waals surface area contributed by atoms with Gasteiger partial charge < -0.3 is 9.29 Å². The number of alkyl halides is 3. The van der Waals surface area contributed by atoms with Crippen molar-refractivity contribution in [3.05, 3.63) is 30.9 Å². The van der Waals surface area contributed by atoms with Crippen LogP contribution in [0.25, 0.3) is 0 Å². The van der Waals surface area contributed by atoms with Gasteiger partial charge in [0.2, 0.25) is 6.33 Å². The molecule has 0 radical (unpaired) electrons. The fourth-order valence-electron chi connectivity index (χ4n) is 1.44. The lowest BCUT2D eigenvalue weighted by molar-refractivity contribution is -0.696. The Labute approximate surface area is 144 Å². The van der Waals surface area contributed by atoms with Crippen LogP contribution in [0.5, 0.6) is 0 Å². The van der Waals surface area contributed by atoms with Gasteiger partial charge in [-0.05, 0) is 26.7 Å². The van der Waals surface area contributed by atoms with Crippen molar-refractivity contribution >= 4 is 16.1 Å². The van der Waals surface area contributed by atoms with Crippen molar-refractivity contribution in [1.82, 2.24) is 4.57 Å². The van der Waals surface area contributed by atoms with Crippen molar-refractivity contribution < 1.29 is 40.2 Å². The van der Waals surface area contributed by atoms with E-state index in [-0.39, 0.29) is 5.97 Å². The number of rotatable bonds is 7. The number of ether oxygens (including phenoxy) is 1. The standard InChI is InChI=1S/C13H21N2O2.CHF3O3S/c1-4-14-8-9-15(11-14)7-5-6-10-17-13(16)12(2)3;2-1(3,4)8(5,6)7/h8-9,11H,2,4-7,10H2,1,3H3;(H,5,6,7)/q+1;/p-1. The predicted molar refractivity (Wildman–Crippen MR) is 81.1 cm³/mol. The van der Waals surface area contributed by atoms with E-state index in [1.165, 1.54) is 0 Å². The third kappa shape index (κ3) is 9.87. The van der Waals surface area contributed by atoms with Gasteiger partial charge in [-0.25, -0.2) is 22.3 Å². The minimum absolute atomic E-state index is 0.296. The Bertz CT molecular complexity index is 668. The molecular formula is C14H21F3N2O5S. The first-order valence-corrected chi connectivity index (χ1v) is 8.69. The average molecular weight is 386 g/mol. The molecule has 0 fully saturated rings. The molecule has 0 atom stereocenters. The molecule has 0 aromatic carbocycles. The van der Waals surface area contributed by atoms with Gasteiger partial charge in [0.1, 0.15) is 12.4 Å². The van der Waals surface area contributed by atoms with E-state index in [1.54, 1.807) is 6.92 Å². The van der Waals surface area contributed by atoms with E-state index in [9.17, 15) is 18.0 Å². The van der Waals surface area contributed by atoms with Gasteiger partial charge in [-0.1, -0.05) is 6.58 Å². The first-order valence-electron chi connectivity index (χ1n) is 7.28. The average Bonchev–Trinajstić information content (AvgIpc) is 2.93. The molecule has 144 valence electrons. The molecule has 0 aliphatic carbocycles. The topological polar surface area (TPSA) is 92.3 Å². The number of halogens is 3. The first-order chi connectivity index (χ1) is 11.4. The fourth-order valence-corrected chi connectivity index (χ4v) is 1.44. The first kappa shape index (κ1) is 23.1. The van der Waals surface area contributed by atoms with E-state index in [0.717, 1.165) is 25.9 Å². The molecule has 0 aliphatic rings. The number of hydrogen-bond acceptors (Lipinski definition) is 5. The summed E-state index contributed by atoms with van der Waals surface area (Å²) in [7, 11) is -6.09. The summed E-state index contributed by atoms with van der Waals surface area (Å²) in [5.74, 6) is -0.296. The number of aromatic nitrogens is 2. The van der Waals surface area contributed by atoms with Gasteiger partial charge in [0, 0.05) is 5.57 Å². The minimum atomic E-state index is -6.09. The molecule has 0 N–H and O–H groups in total. The lowest BCUT2D eigenvalue weighted by atomic mass is 10.3. The van der Waals surface area contributed by atoms with Gasteiger partial charge in [0.15, 0.2) is 10.1 Å². The van der Waals surface area contributed by atoms with Crippen LogP contribution in [0, 0.1) is 0 Å². The summed E-state index contributed by atoms with van der Waals surface area (Å²) in [5.41, 5.74) is -5.19. The molecule has 0 saturated carbocycles. The van der Waals surface area contributed by atoms with Crippen molar-refractivity contribution in [3.63, 3.8) is 0 Å². The lowest BCUT2D eigenvalue weighted by Gasteiger charge is -2.08. The summed E-state index contributed by atoms with van der Waals surface area (Å²) >= 11 is 0. The van der Waals surface area contributed by atoms with Gasteiger partial charge in [-0.15, -0.1) is 0 Å². The summed E-state index contributed by atoms with van der Waals surface area (Å²) in [4.78, 5) is 11.1. The highest BCUT2D eigenvalue weighted by molar-refractivity contribution is 7.86. The van der Waals surface area contributed by atoms with Crippen molar-refractivity contribution in [3.8, 4) is 0 Å². The maximum absolute atomic E-state index is 11.1. The molecule has 11 heteroatoms.